The van der Waals surface area contributed by atoms with E-state index in [2.05, 4.69) is 5.32 Å². The van der Waals surface area contributed by atoms with Crippen molar-refractivity contribution in [3.63, 3.8) is 0 Å². The number of aliphatic carboxylic acids is 2. The zero-order valence-electron chi connectivity index (χ0n) is 12.6. The van der Waals surface area contributed by atoms with Crippen molar-refractivity contribution in [1.82, 2.24) is 0 Å². The second kappa shape index (κ2) is 9.77. The number of hydrogen-bond donors (Lipinski definition) is 4. The van der Waals surface area contributed by atoms with Gasteiger partial charge in [-0.3, -0.25) is 9.59 Å². The molecule has 6 heteroatoms. The first-order valence-corrected chi connectivity index (χ1v) is 6.82. The molecule has 118 valence electrons. The van der Waals surface area contributed by atoms with Crippen LogP contribution < -0.4 is 11.1 Å². The quantitative estimate of drug-likeness (QED) is 0.639. The largest absolute Gasteiger partial charge is 0.480 e. The van der Waals surface area contributed by atoms with E-state index in [1.165, 1.54) is 0 Å². The molecular weight excluding hydrogens is 272 g/mol. The third-order valence-electron chi connectivity index (χ3n) is 3.07. The Kier molecular flexibility index (Phi) is 8.80. The summed E-state index contributed by atoms with van der Waals surface area (Å²) >= 11 is 0. The summed E-state index contributed by atoms with van der Waals surface area (Å²) in [6, 6.07) is 8.02. The molecule has 0 radical (unpaired) electrons. The van der Waals surface area contributed by atoms with E-state index in [4.69, 9.17) is 15.9 Å². The van der Waals surface area contributed by atoms with Crippen molar-refractivity contribution in [3.8, 4) is 0 Å². The number of hydrogen-bond acceptors (Lipinski definition) is 4. The van der Waals surface area contributed by atoms with Gasteiger partial charge in [-0.05, 0) is 25.0 Å². The van der Waals surface area contributed by atoms with Crippen LogP contribution in [-0.4, -0.2) is 34.2 Å². The fourth-order valence-corrected chi connectivity index (χ4v) is 1.34. The van der Waals surface area contributed by atoms with Gasteiger partial charge < -0.3 is 21.3 Å². The van der Waals surface area contributed by atoms with E-state index in [0.717, 1.165) is 12.1 Å². The van der Waals surface area contributed by atoms with Crippen LogP contribution >= 0.6 is 0 Å². The molecule has 3 unspecified atom stereocenters. The molecule has 0 aliphatic rings. The second-order valence-electron chi connectivity index (χ2n) is 4.82. The average Bonchev–Trinajstić information content (AvgIpc) is 2.47. The third kappa shape index (κ3) is 7.94. The Bertz CT molecular complexity index is 437. The molecule has 21 heavy (non-hydrogen) atoms. The lowest BCUT2D eigenvalue weighted by Crippen LogP contribution is -2.36. The number of carboxylic acid groups (broad SMARTS) is 2. The third-order valence-corrected chi connectivity index (χ3v) is 3.07. The van der Waals surface area contributed by atoms with Crippen LogP contribution in [0.3, 0.4) is 0 Å². The Morgan fingerprint density at radius 2 is 1.67 bits per heavy atom. The molecule has 0 aliphatic heterocycles. The summed E-state index contributed by atoms with van der Waals surface area (Å²) in [6.07, 6.45) is 0.813. The molecule has 0 heterocycles. The van der Waals surface area contributed by atoms with Gasteiger partial charge in [0.05, 0.1) is 0 Å². The van der Waals surface area contributed by atoms with E-state index in [0.29, 0.717) is 0 Å². The molecule has 1 rings (SSSR count). The Hall–Kier alpha value is -2.08. The monoisotopic (exact) mass is 296 g/mol. The molecule has 0 spiro atoms. The average molecular weight is 296 g/mol. The number of carbonyl (C=O) groups is 2. The molecule has 3 atom stereocenters. The number of benzene rings is 1. The first kappa shape index (κ1) is 18.9. The highest BCUT2D eigenvalue weighted by molar-refractivity contribution is 5.76. The first-order valence-electron chi connectivity index (χ1n) is 6.82. The topological polar surface area (TPSA) is 113 Å². The van der Waals surface area contributed by atoms with Gasteiger partial charge in [0.15, 0.2) is 0 Å². The van der Waals surface area contributed by atoms with Gasteiger partial charge in [0.25, 0.3) is 0 Å². The van der Waals surface area contributed by atoms with E-state index < -0.39 is 24.0 Å². The molecule has 0 saturated heterocycles. The van der Waals surface area contributed by atoms with Gasteiger partial charge in [0.1, 0.15) is 12.1 Å². The van der Waals surface area contributed by atoms with Crippen LogP contribution in [0.4, 0.5) is 5.69 Å². The Labute approximate surface area is 125 Å². The van der Waals surface area contributed by atoms with Gasteiger partial charge in [-0.15, -0.1) is 0 Å². The van der Waals surface area contributed by atoms with E-state index in [1.807, 2.05) is 44.2 Å². The Balaban J connectivity index is 0.000000400. The molecule has 0 aromatic heterocycles. The minimum Gasteiger partial charge on any atom is -0.480 e. The highest BCUT2D eigenvalue weighted by Gasteiger charge is 2.17. The molecule has 1 aromatic rings. The lowest BCUT2D eigenvalue weighted by molar-refractivity contribution is -0.140. The minimum absolute atomic E-state index is 0.0718. The number of rotatable bonds is 6. The first-order chi connectivity index (χ1) is 9.79. The summed E-state index contributed by atoms with van der Waals surface area (Å²) in [5, 5.41) is 19.8. The number of nitrogens with two attached hydrogens (primary N) is 1. The van der Waals surface area contributed by atoms with Gasteiger partial charge in [-0.2, -0.15) is 0 Å². The molecule has 0 saturated carbocycles. The maximum Gasteiger partial charge on any atom is 0.325 e. The van der Waals surface area contributed by atoms with E-state index in [-0.39, 0.29) is 5.92 Å². The standard InChI is InChI=1S/C9H11NO2.C6H13NO2/c1-7(9(11)12)10-8-5-3-2-4-6-8;1-3-4(2)5(7)6(8)9/h2-7,10H,1H3,(H,11,12);4-5H,3,7H2,1-2H3,(H,8,9). The van der Waals surface area contributed by atoms with Crippen molar-refractivity contribution in [2.24, 2.45) is 11.7 Å². The molecular formula is C15H24N2O4. The molecule has 0 fully saturated rings. The SMILES string of the molecule is CC(Nc1ccccc1)C(=O)O.CCC(C)C(N)C(=O)O. The van der Waals surface area contributed by atoms with Crippen molar-refractivity contribution in [3.05, 3.63) is 30.3 Å². The summed E-state index contributed by atoms with van der Waals surface area (Å²) in [5.74, 6) is -1.69. The normalized spacial score (nSPS) is 14.1. The summed E-state index contributed by atoms with van der Waals surface area (Å²) in [7, 11) is 0. The maximum atomic E-state index is 10.4. The van der Waals surface area contributed by atoms with Crippen LogP contribution in [0.1, 0.15) is 27.2 Å². The number of carboxylic acids is 2. The Morgan fingerprint density at radius 3 is 2.00 bits per heavy atom. The zero-order valence-corrected chi connectivity index (χ0v) is 12.6. The molecule has 0 aliphatic carbocycles. The number of nitrogens with one attached hydrogen (secondary N) is 1. The molecule has 0 amide bonds. The van der Waals surface area contributed by atoms with Crippen LogP contribution in [0.5, 0.6) is 0 Å². The fraction of sp³-hybridized carbons (Fsp3) is 0.467. The summed E-state index contributed by atoms with van der Waals surface area (Å²) in [5.41, 5.74) is 6.10. The second-order valence-corrected chi connectivity index (χ2v) is 4.82. The summed E-state index contributed by atoms with van der Waals surface area (Å²) in [6.45, 7) is 5.36. The molecule has 1 aromatic carbocycles. The lowest BCUT2D eigenvalue weighted by atomic mass is 10.0. The highest BCUT2D eigenvalue weighted by atomic mass is 16.4. The predicted octanol–water partition coefficient (Wildman–Crippen LogP) is 2.02. The smallest absolute Gasteiger partial charge is 0.325 e. The van der Waals surface area contributed by atoms with Crippen molar-refractivity contribution in [1.29, 1.82) is 0 Å². The predicted molar refractivity (Wildman–Crippen MR) is 82.2 cm³/mol. The Morgan fingerprint density at radius 1 is 1.14 bits per heavy atom. The number of para-hydroxylation sites is 1. The molecule has 6 nitrogen and oxygen atoms in total. The highest BCUT2D eigenvalue weighted by Crippen LogP contribution is 2.06. The fourth-order valence-electron chi connectivity index (χ4n) is 1.34. The van der Waals surface area contributed by atoms with Crippen molar-refractivity contribution in [2.45, 2.75) is 39.3 Å². The maximum absolute atomic E-state index is 10.4. The van der Waals surface area contributed by atoms with Crippen LogP contribution in [-0.2, 0) is 9.59 Å². The van der Waals surface area contributed by atoms with Gasteiger partial charge in [-0.25, -0.2) is 0 Å². The lowest BCUT2D eigenvalue weighted by Gasteiger charge is -2.11. The van der Waals surface area contributed by atoms with Gasteiger partial charge in [0.2, 0.25) is 0 Å². The van der Waals surface area contributed by atoms with Crippen LogP contribution in [0.2, 0.25) is 0 Å². The van der Waals surface area contributed by atoms with Crippen molar-refractivity contribution in [2.75, 3.05) is 5.32 Å². The number of anilines is 1. The van der Waals surface area contributed by atoms with E-state index in [1.54, 1.807) is 6.92 Å². The zero-order chi connectivity index (χ0) is 16.4. The van der Waals surface area contributed by atoms with Gasteiger partial charge in [0, 0.05) is 5.69 Å². The summed E-state index contributed by atoms with van der Waals surface area (Å²) in [4.78, 5) is 20.6. The van der Waals surface area contributed by atoms with Gasteiger partial charge >= 0.3 is 11.9 Å². The van der Waals surface area contributed by atoms with Gasteiger partial charge in [-0.1, -0.05) is 38.5 Å². The van der Waals surface area contributed by atoms with Crippen molar-refractivity contribution >= 4 is 17.6 Å². The molecule has 5 N–H and O–H groups in total. The molecule has 0 bridgehead atoms. The summed E-state index contributed by atoms with van der Waals surface area (Å²) < 4.78 is 0. The van der Waals surface area contributed by atoms with Crippen LogP contribution in [0.25, 0.3) is 0 Å². The van der Waals surface area contributed by atoms with Crippen LogP contribution in [0.15, 0.2) is 30.3 Å². The minimum atomic E-state index is -0.913. The van der Waals surface area contributed by atoms with Crippen molar-refractivity contribution < 1.29 is 19.8 Å². The van der Waals surface area contributed by atoms with E-state index >= 15 is 0 Å². The van der Waals surface area contributed by atoms with Crippen LogP contribution in [0, 0.1) is 5.92 Å². The van der Waals surface area contributed by atoms with E-state index in [9.17, 15) is 9.59 Å².